The van der Waals surface area contributed by atoms with Crippen LogP contribution < -0.4 is 10.2 Å². The molecule has 1 aromatic rings. The summed E-state index contributed by atoms with van der Waals surface area (Å²) in [7, 11) is 0. The van der Waals surface area contributed by atoms with Gasteiger partial charge in [0.2, 0.25) is 0 Å². The number of nitrogens with zero attached hydrogens (tertiary/aromatic N) is 2. The Morgan fingerprint density at radius 1 is 1.27 bits per heavy atom. The summed E-state index contributed by atoms with van der Waals surface area (Å²) in [6.45, 7) is 5.17. The number of piperazine rings is 1. The lowest BCUT2D eigenvalue weighted by Gasteiger charge is -2.36. The minimum Gasteiger partial charge on any atom is -0.379 e. The SMILES string of the molecule is O=C(NCCCOCC1CCCO1)N1CCN(c2ccccc2F)CC1. The summed E-state index contributed by atoms with van der Waals surface area (Å²) < 4.78 is 24.9. The van der Waals surface area contributed by atoms with Gasteiger partial charge in [0.25, 0.3) is 0 Å². The van der Waals surface area contributed by atoms with E-state index in [-0.39, 0.29) is 18.0 Å². The molecule has 1 unspecified atom stereocenters. The van der Waals surface area contributed by atoms with Gasteiger partial charge in [-0.15, -0.1) is 0 Å². The highest BCUT2D eigenvalue weighted by molar-refractivity contribution is 5.74. The Labute approximate surface area is 154 Å². The van der Waals surface area contributed by atoms with Crippen molar-refractivity contribution < 1.29 is 18.7 Å². The third-order valence-electron chi connectivity index (χ3n) is 4.83. The zero-order valence-corrected chi connectivity index (χ0v) is 15.2. The van der Waals surface area contributed by atoms with Crippen molar-refractivity contribution in [2.75, 3.05) is 57.4 Å². The lowest BCUT2D eigenvalue weighted by atomic mass is 10.2. The Balaban J connectivity index is 1.28. The fourth-order valence-electron chi connectivity index (χ4n) is 3.33. The lowest BCUT2D eigenvalue weighted by molar-refractivity contribution is 0.0167. The van der Waals surface area contributed by atoms with Gasteiger partial charge in [-0.3, -0.25) is 0 Å². The van der Waals surface area contributed by atoms with E-state index in [2.05, 4.69) is 5.32 Å². The van der Waals surface area contributed by atoms with Gasteiger partial charge in [0.05, 0.1) is 18.4 Å². The molecule has 2 saturated heterocycles. The Morgan fingerprint density at radius 2 is 2.08 bits per heavy atom. The number of anilines is 1. The van der Waals surface area contributed by atoms with E-state index < -0.39 is 0 Å². The van der Waals surface area contributed by atoms with Gasteiger partial charge in [0.15, 0.2) is 0 Å². The molecular formula is C19H28FN3O3. The van der Waals surface area contributed by atoms with Gasteiger partial charge in [-0.25, -0.2) is 9.18 Å². The van der Waals surface area contributed by atoms with E-state index in [1.165, 1.54) is 6.07 Å². The molecule has 3 rings (SSSR count). The van der Waals surface area contributed by atoms with Gasteiger partial charge in [0.1, 0.15) is 5.82 Å². The van der Waals surface area contributed by atoms with Crippen LogP contribution in [0.3, 0.4) is 0 Å². The summed E-state index contributed by atoms with van der Waals surface area (Å²) in [5.74, 6) is -0.214. The monoisotopic (exact) mass is 365 g/mol. The van der Waals surface area contributed by atoms with Crippen LogP contribution in [0.5, 0.6) is 0 Å². The lowest BCUT2D eigenvalue weighted by Crippen LogP contribution is -2.52. The second-order valence-electron chi connectivity index (χ2n) is 6.72. The molecule has 2 aliphatic rings. The number of halogens is 1. The van der Waals surface area contributed by atoms with Crippen LogP contribution in [0.1, 0.15) is 19.3 Å². The third kappa shape index (κ3) is 5.32. The van der Waals surface area contributed by atoms with Crippen LogP contribution in [-0.2, 0) is 9.47 Å². The molecule has 0 aliphatic carbocycles. The molecule has 144 valence electrons. The smallest absolute Gasteiger partial charge is 0.317 e. The Hall–Kier alpha value is -1.86. The first-order valence-electron chi connectivity index (χ1n) is 9.45. The maximum absolute atomic E-state index is 13.8. The average Bonchev–Trinajstić information content (AvgIpc) is 3.18. The minimum atomic E-state index is -0.214. The molecule has 1 N–H and O–H groups in total. The van der Waals surface area contributed by atoms with Crippen molar-refractivity contribution in [2.24, 2.45) is 0 Å². The van der Waals surface area contributed by atoms with E-state index in [9.17, 15) is 9.18 Å². The number of para-hydroxylation sites is 1. The fraction of sp³-hybridized carbons (Fsp3) is 0.632. The molecule has 7 heteroatoms. The molecule has 1 atom stereocenters. The van der Waals surface area contributed by atoms with E-state index in [0.717, 1.165) is 25.9 Å². The van der Waals surface area contributed by atoms with E-state index in [1.54, 1.807) is 17.0 Å². The normalized spacial score (nSPS) is 20.4. The summed E-state index contributed by atoms with van der Waals surface area (Å²) in [6.07, 6.45) is 3.23. The number of hydrogen-bond acceptors (Lipinski definition) is 4. The Kier molecular flexibility index (Phi) is 7.08. The van der Waals surface area contributed by atoms with Crippen LogP contribution in [0.15, 0.2) is 24.3 Å². The standard InChI is InChI=1S/C19H28FN3O3/c20-17-6-1-2-7-18(17)22-9-11-23(12-10-22)19(24)21-8-4-13-25-15-16-5-3-14-26-16/h1-2,6-7,16H,3-5,8-15H2,(H,21,24). The minimum absolute atomic E-state index is 0.0580. The van der Waals surface area contributed by atoms with E-state index in [1.807, 2.05) is 11.0 Å². The zero-order valence-electron chi connectivity index (χ0n) is 15.2. The number of benzene rings is 1. The predicted octanol–water partition coefficient (Wildman–Crippen LogP) is 2.24. The highest BCUT2D eigenvalue weighted by Gasteiger charge is 2.22. The predicted molar refractivity (Wildman–Crippen MR) is 98.0 cm³/mol. The maximum atomic E-state index is 13.8. The number of ether oxygens (including phenoxy) is 2. The first kappa shape index (κ1) is 18.9. The molecule has 2 aliphatic heterocycles. The first-order valence-corrected chi connectivity index (χ1v) is 9.45. The van der Waals surface area contributed by atoms with Crippen molar-refractivity contribution in [1.82, 2.24) is 10.2 Å². The van der Waals surface area contributed by atoms with Gasteiger partial charge >= 0.3 is 6.03 Å². The highest BCUT2D eigenvalue weighted by atomic mass is 19.1. The van der Waals surface area contributed by atoms with Crippen molar-refractivity contribution in [2.45, 2.75) is 25.4 Å². The van der Waals surface area contributed by atoms with E-state index >= 15 is 0 Å². The number of carbonyl (C=O) groups excluding carboxylic acids is 1. The van der Waals surface area contributed by atoms with E-state index in [4.69, 9.17) is 9.47 Å². The number of nitrogens with one attached hydrogen (secondary N) is 1. The van der Waals surface area contributed by atoms with Crippen molar-refractivity contribution in [3.63, 3.8) is 0 Å². The van der Waals surface area contributed by atoms with Gasteiger partial charge in [0, 0.05) is 45.9 Å². The highest BCUT2D eigenvalue weighted by Crippen LogP contribution is 2.20. The van der Waals surface area contributed by atoms with Gasteiger partial charge in [-0.05, 0) is 31.4 Å². The molecule has 6 nitrogen and oxygen atoms in total. The number of rotatable bonds is 7. The molecule has 0 bridgehead atoms. The Bertz CT molecular complexity index is 573. The molecule has 2 heterocycles. The van der Waals surface area contributed by atoms with Gasteiger partial charge in [-0.1, -0.05) is 12.1 Å². The molecular weight excluding hydrogens is 337 g/mol. The largest absolute Gasteiger partial charge is 0.379 e. The van der Waals surface area contributed by atoms with Crippen molar-refractivity contribution in [3.05, 3.63) is 30.1 Å². The van der Waals surface area contributed by atoms with Crippen LogP contribution in [-0.4, -0.2) is 69.6 Å². The first-order chi connectivity index (χ1) is 12.7. The van der Waals surface area contributed by atoms with Crippen LogP contribution in [0.25, 0.3) is 0 Å². The zero-order chi connectivity index (χ0) is 18.2. The molecule has 26 heavy (non-hydrogen) atoms. The van der Waals surface area contributed by atoms with Crippen molar-refractivity contribution >= 4 is 11.7 Å². The average molecular weight is 365 g/mol. The topological polar surface area (TPSA) is 54.0 Å². The summed E-state index contributed by atoms with van der Waals surface area (Å²) >= 11 is 0. The van der Waals surface area contributed by atoms with Gasteiger partial charge in [-0.2, -0.15) is 0 Å². The molecule has 1 aromatic carbocycles. The summed E-state index contributed by atoms with van der Waals surface area (Å²) in [5.41, 5.74) is 0.607. The number of urea groups is 1. The molecule has 2 amide bonds. The third-order valence-corrected chi connectivity index (χ3v) is 4.83. The fourth-order valence-corrected chi connectivity index (χ4v) is 3.33. The maximum Gasteiger partial charge on any atom is 0.317 e. The molecule has 0 saturated carbocycles. The molecule has 0 radical (unpaired) electrons. The summed E-state index contributed by atoms with van der Waals surface area (Å²) in [4.78, 5) is 16.0. The van der Waals surface area contributed by atoms with Crippen molar-refractivity contribution in [1.29, 1.82) is 0 Å². The second kappa shape index (κ2) is 9.73. The van der Waals surface area contributed by atoms with E-state index in [0.29, 0.717) is 51.6 Å². The Morgan fingerprint density at radius 3 is 2.81 bits per heavy atom. The van der Waals surface area contributed by atoms with Crippen LogP contribution >= 0.6 is 0 Å². The number of carbonyl (C=O) groups is 1. The molecule has 0 aromatic heterocycles. The second-order valence-corrected chi connectivity index (χ2v) is 6.72. The quantitative estimate of drug-likeness (QED) is 0.753. The van der Waals surface area contributed by atoms with Crippen LogP contribution in [0.4, 0.5) is 14.9 Å². The van der Waals surface area contributed by atoms with Crippen molar-refractivity contribution in [3.8, 4) is 0 Å². The summed E-state index contributed by atoms with van der Waals surface area (Å²) in [5, 5.41) is 2.93. The molecule has 2 fully saturated rings. The number of hydrogen-bond donors (Lipinski definition) is 1. The number of amides is 2. The van der Waals surface area contributed by atoms with Crippen LogP contribution in [0.2, 0.25) is 0 Å². The molecule has 0 spiro atoms. The van der Waals surface area contributed by atoms with Crippen LogP contribution in [0, 0.1) is 5.82 Å². The summed E-state index contributed by atoms with van der Waals surface area (Å²) in [6, 6.07) is 6.71. The van der Waals surface area contributed by atoms with Gasteiger partial charge < -0.3 is 24.6 Å².